The maximum Gasteiger partial charge on any atom is 0.270 e. The van der Waals surface area contributed by atoms with Gasteiger partial charge in [-0.05, 0) is 31.2 Å². The van der Waals surface area contributed by atoms with Gasteiger partial charge in [-0.15, -0.1) is 21.5 Å². The number of thiazole rings is 1. The first-order chi connectivity index (χ1) is 13.6. The monoisotopic (exact) mass is 389 g/mol. The van der Waals surface area contributed by atoms with Crippen molar-refractivity contribution in [2.45, 2.75) is 6.92 Å². The van der Waals surface area contributed by atoms with Crippen LogP contribution in [0.25, 0.3) is 22.5 Å². The van der Waals surface area contributed by atoms with Gasteiger partial charge in [0.25, 0.3) is 5.69 Å². The highest BCUT2D eigenvalue weighted by Crippen LogP contribution is 2.25. The number of nitro groups is 1. The van der Waals surface area contributed by atoms with Gasteiger partial charge in [-0.2, -0.15) is 0 Å². The fraction of sp³-hybridized carbons (Fsp3) is 0.0500. The smallest absolute Gasteiger partial charge is 0.270 e. The Morgan fingerprint density at radius 2 is 1.79 bits per heavy atom. The molecule has 2 aromatic carbocycles. The van der Waals surface area contributed by atoms with Gasteiger partial charge < -0.3 is 5.32 Å². The highest BCUT2D eigenvalue weighted by atomic mass is 32.1. The minimum Gasteiger partial charge on any atom is -0.339 e. The number of aryl methyl sites for hydroxylation is 1. The molecular weight excluding hydrogens is 374 g/mol. The Morgan fingerprint density at radius 3 is 2.43 bits per heavy atom. The molecule has 7 nitrogen and oxygen atoms in total. The summed E-state index contributed by atoms with van der Waals surface area (Å²) in [5.41, 5.74) is 4.15. The molecule has 8 heteroatoms. The van der Waals surface area contributed by atoms with E-state index in [0.29, 0.717) is 17.1 Å². The van der Waals surface area contributed by atoms with E-state index in [-0.39, 0.29) is 5.69 Å². The number of nitrogens with one attached hydrogen (secondary N) is 1. The topological polar surface area (TPSA) is 93.8 Å². The molecule has 0 aliphatic rings. The van der Waals surface area contributed by atoms with E-state index < -0.39 is 4.92 Å². The molecular formula is C20H15N5O2S. The molecule has 4 rings (SSSR count). The molecule has 28 heavy (non-hydrogen) atoms. The lowest BCUT2D eigenvalue weighted by Gasteiger charge is -2.07. The lowest BCUT2D eigenvalue weighted by Crippen LogP contribution is -1.97. The van der Waals surface area contributed by atoms with Gasteiger partial charge in [-0.1, -0.05) is 24.3 Å². The number of hydrogen-bond acceptors (Lipinski definition) is 7. The summed E-state index contributed by atoms with van der Waals surface area (Å²) in [6.07, 6.45) is 0. The molecule has 0 bridgehead atoms. The molecule has 0 radical (unpaired) electrons. The van der Waals surface area contributed by atoms with Gasteiger partial charge in [0.2, 0.25) is 0 Å². The van der Waals surface area contributed by atoms with E-state index in [1.54, 1.807) is 35.6 Å². The first kappa shape index (κ1) is 17.7. The second kappa shape index (κ2) is 7.53. The first-order valence-corrected chi connectivity index (χ1v) is 9.34. The van der Waals surface area contributed by atoms with Gasteiger partial charge in [0.15, 0.2) is 5.82 Å². The van der Waals surface area contributed by atoms with Crippen LogP contribution in [0.4, 0.5) is 17.2 Å². The zero-order valence-corrected chi connectivity index (χ0v) is 15.7. The second-order valence-corrected chi connectivity index (χ2v) is 7.13. The Labute approximate surface area is 164 Å². The molecule has 0 aliphatic heterocycles. The molecule has 2 heterocycles. The van der Waals surface area contributed by atoms with Gasteiger partial charge in [0.1, 0.15) is 0 Å². The number of hydrogen-bond donors (Lipinski definition) is 1. The highest BCUT2D eigenvalue weighted by molar-refractivity contribution is 7.09. The molecule has 0 saturated carbocycles. The zero-order valence-electron chi connectivity index (χ0n) is 14.9. The van der Waals surface area contributed by atoms with Crippen LogP contribution >= 0.6 is 11.3 Å². The van der Waals surface area contributed by atoms with E-state index in [0.717, 1.165) is 22.0 Å². The van der Waals surface area contributed by atoms with Crippen LogP contribution < -0.4 is 5.32 Å². The van der Waals surface area contributed by atoms with Gasteiger partial charge in [-0.25, -0.2) is 4.98 Å². The van der Waals surface area contributed by atoms with E-state index in [1.165, 1.54) is 12.1 Å². The molecule has 0 aliphatic carbocycles. The molecule has 1 N–H and O–H groups in total. The first-order valence-electron chi connectivity index (χ1n) is 8.47. The molecule has 138 valence electrons. The van der Waals surface area contributed by atoms with Gasteiger partial charge in [0.05, 0.1) is 21.3 Å². The minimum absolute atomic E-state index is 0.0249. The average Bonchev–Trinajstić information content (AvgIpc) is 3.15. The maximum absolute atomic E-state index is 10.9. The quantitative estimate of drug-likeness (QED) is 0.371. The van der Waals surface area contributed by atoms with Crippen molar-refractivity contribution < 1.29 is 4.92 Å². The summed E-state index contributed by atoms with van der Waals surface area (Å²) in [4.78, 5) is 15.0. The predicted octanol–water partition coefficient (Wildman–Crippen LogP) is 5.23. The Hall–Kier alpha value is -3.65. The Bertz CT molecular complexity index is 1120. The lowest BCUT2D eigenvalue weighted by atomic mass is 10.1. The van der Waals surface area contributed by atoms with Crippen molar-refractivity contribution in [1.82, 2.24) is 15.2 Å². The standard InChI is InChI=1S/C20H15N5O2S/c1-13-21-19(12-28-13)14-5-7-16(8-6-14)22-20-10-9-18(23-24-20)15-3-2-4-17(11-15)25(26)27/h2-12H,1H3,(H,22,24). The summed E-state index contributed by atoms with van der Waals surface area (Å²) in [7, 11) is 0. The Balaban J connectivity index is 1.49. The Kier molecular flexibility index (Phi) is 4.77. The van der Waals surface area contributed by atoms with Crippen LogP contribution in [0.1, 0.15) is 5.01 Å². The number of nitrogens with zero attached hydrogens (tertiary/aromatic N) is 4. The van der Waals surface area contributed by atoms with E-state index in [4.69, 9.17) is 0 Å². The Morgan fingerprint density at radius 1 is 0.964 bits per heavy atom. The van der Waals surface area contributed by atoms with Crippen molar-refractivity contribution in [3.05, 3.63) is 81.2 Å². The molecule has 0 unspecified atom stereocenters. The normalized spacial score (nSPS) is 10.6. The molecule has 0 spiro atoms. The number of aromatic nitrogens is 3. The minimum atomic E-state index is -0.427. The SMILES string of the molecule is Cc1nc(-c2ccc(Nc3ccc(-c4cccc([N+](=O)[O-])c4)nn3)cc2)cs1. The van der Waals surface area contributed by atoms with E-state index in [9.17, 15) is 10.1 Å². The summed E-state index contributed by atoms with van der Waals surface area (Å²) in [6.45, 7) is 1.99. The summed E-state index contributed by atoms with van der Waals surface area (Å²) < 4.78 is 0. The highest BCUT2D eigenvalue weighted by Gasteiger charge is 2.09. The summed E-state index contributed by atoms with van der Waals surface area (Å²) in [6, 6.07) is 17.8. The summed E-state index contributed by atoms with van der Waals surface area (Å²) in [5, 5.41) is 25.5. The van der Waals surface area contributed by atoms with Crippen molar-refractivity contribution >= 4 is 28.5 Å². The van der Waals surface area contributed by atoms with Gasteiger partial charge >= 0.3 is 0 Å². The fourth-order valence-corrected chi connectivity index (χ4v) is 3.32. The van der Waals surface area contributed by atoms with Gasteiger partial charge in [-0.3, -0.25) is 10.1 Å². The average molecular weight is 389 g/mol. The number of nitro benzene ring substituents is 1. The van der Waals surface area contributed by atoms with Crippen LogP contribution in [0.15, 0.2) is 66.0 Å². The van der Waals surface area contributed by atoms with Crippen LogP contribution in [0, 0.1) is 17.0 Å². The lowest BCUT2D eigenvalue weighted by molar-refractivity contribution is -0.384. The maximum atomic E-state index is 10.9. The van der Waals surface area contributed by atoms with Gasteiger partial charge in [0, 0.05) is 34.3 Å². The summed E-state index contributed by atoms with van der Waals surface area (Å²) >= 11 is 1.63. The molecule has 0 amide bonds. The third-order valence-corrected chi connectivity index (χ3v) is 4.86. The van der Waals surface area contributed by atoms with Crippen LogP contribution in [-0.2, 0) is 0 Å². The molecule has 0 fully saturated rings. The van der Waals surface area contributed by atoms with E-state index in [2.05, 4.69) is 20.5 Å². The molecule has 0 saturated heterocycles. The number of benzene rings is 2. The van der Waals surface area contributed by atoms with Crippen molar-refractivity contribution in [3.8, 4) is 22.5 Å². The largest absolute Gasteiger partial charge is 0.339 e. The van der Waals surface area contributed by atoms with Crippen molar-refractivity contribution in [3.63, 3.8) is 0 Å². The second-order valence-electron chi connectivity index (χ2n) is 6.07. The molecule has 2 aromatic heterocycles. The predicted molar refractivity (Wildman–Crippen MR) is 110 cm³/mol. The van der Waals surface area contributed by atoms with Crippen LogP contribution in [0.2, 0.25) is 0 Å². The number of non-ortho nitro benzene ring substituents is 1. The van der Waals surface area contributed by atoms with Crippen LogP contribution in [0.5, 0.6) is 0 Å². The number of anilines is 2. The zero-order chi connectivity index (χ0) is 19.5. The van der Waals surface area contributed by atoms with Crippen LogP contribution in [0.3, 0.4) is 0 Å². The van der Waals surface area contributed by atoms with Crippen LogP contribution in [-0.4, -0.2) is 20.1 Å². The number of rotatable bonds is 5. The molecule has 4 aromatic rings. The fourth-order valence-electron chi connectivity index (χ4n) is 2.70. The van der Waals surface area contributed by atoms with Crippen molar-refractivity contribution in [2.24, 2.45) is 0 Å². The van der Waals surface area contributed by atoms with Crippen molar-refractivity contribution in [2.75, 3.05) is 5.32 Å². The molecule has 0 atom stereocenters. The van der Waals surface area contributed by atoms with E-state index in [1.807, 2.05) is 36.6 Å². The third-order valence-electron chi connectivity index (χ3n) is 4.09. The third kappa shape index (κ3) is 3.86. The summed E-state index contributed by atoms with van der Waals surface area (Å²) in [5.74, 6) is 0.589. The van der Waals surface area contributed by atoms with E-state index >= 15 is 0 Å². The van der Waals surface area contributed by atoms with Crippen molar-refractivity contribution in [1.29, 1.82) is 0 Å².